The van der Waals surface area contributed by atoms with E-state index in [0.717, 1.165) is 6.42 Å². The first-order valence-electron chi connectivity index (χ1n) is 7.35. The predicted octanol–water partition coefficient (Wildman–Crippen LogP) is 0.536. The Bertz CT molecular complexity index is 554. The quantitative estimate of drug-likeness (QED) is 0.324. The monoisotopic (exact) mass is 306 g/mol. The minimum Gasteiger partial charge on any atom is -0.460 e. The zero-order valence-corrected chi connectivity index (χ0v) is 12.9. The third-order valence-corrected chi connectivity index (χ3v) is 4.52. The van der Waals surface area contributed by atoms with Gasteiger partial charge in [0.25, 0.3) is 0 Å². The third-order valence-electron chi connectivity index (χ3n) is 4.52. The van der Waals surface area contributed by atoms with E-state index in [4.69, 9.17) is 10.5 Å². The van der Waals surface area contributed by atoms with Crippen LogP contribution in [0.4, 0.5) is 0 Å². The van der Waals surface area contributed by atoms with Crippen LogP contribution in [0.25, 0.3) is 0 Å². The van der Waals surface area contributed by atoms with Gasteiger partial charge in [0.2, 0.25) is 11.8 Å². The maximum atomic E-state index is 12.4. The van der Waals surface area contributed by atoms with Gasteiger partial charge in [-0.05, 0) is 24.7 Å². The van der Waals surface area contributed by atoms with E-state index in [2.05, 4.69) is 11.9 Å². The van der Waals surface area contributed by atoms with Crippen molar-refractivity contribution in [2.45, 2.75) is 20.3 Å². The smallest absolute Gasteiger partial charge is 0.333 e. The number of hydrogen-bond donors (Lipinski definition) is 2. The lowest BCUT2D eigenvalue weighted by Crippen LogP contribution is -2.45. The largest absolute Gasteiger partial charge is 0.460 e. The van der Waals surface area contributed by atoms with Gasteiger partial charge in [-0.15, -0.1) is 0 Å². The van der Waals surface area contributed by atoms with Crippen LogP contribution in [0.3, 0.4) is 0 Å². The number of ether oxygens (including phenoxy) is 1. The summed E-state index contributed by atoms with van der Waals surface area (Å²) in [6.07, 6.45) is 4.75. The molecule has 3 N–H and O–H groups in total. The summed E-state index contributed by atoms with van der Waals surface area (Å²) in [5.41, 5.74) is 5.48. The number of esters is 1. The van der Waals surface area contributed by atoms with Gasteiger partial charge in [-0.25, -0.2) is 4.79 Å². The second-order valence-electron chi connectivity index (χ2n) is 6.35. The molecule has 120 valence electrons. The molecular weight excluding hydrogens is 284 g/mol. The lowest BCUT2D eigenvalue weighted by molar-refractivity contribution is -0.140. The fourth-order valence-corrected chi connectivity index (χ4v) is 3.53. The molecule has 2 aliphatic carbocycles. The molecule has 22 heavy (non-hydrogen) atoms. The van der Waals surface area contributed by atoms with Crippen LogP contribution >= 0.6 is 0 Å². The van der Waals surface area contributed by atoms with Crippen molar-refractivity contribution in [3.05, 3.63) is 24.3 Å². The summed E-state index contributed by atoms with van der Waals surface area (Å²) in [5.74, 6) is -2.03. The van der Waals surface area contributed by atoms with Crippen molar-refractivity contribution in [3.63, 3.8) is 0 Å². The van der Waals surface area contributed by atoms with Gasteiger partial charge in [0.1, 0.15) is 6.61 Å². The van der Waals surface area contributed by atoms with Gasteiger partial charge >= 0.3 is 5.97 Å². The normalized spacial score (nSPS) is 31.8. The number of hydrogen-bond acceptors (Lipinski definition) is 4. The van der Waals surface area contributed by atoms with E-state index in [1.54, 1.807) is 6.92 Å². The maximum absolute atomic E-state index is 12.4. The summed E-state index contributed by atoms with van der Waals surface area (Å²) in [6, 6.07) is 0. The van der Waals surface area contributed by atoms with Crippen LogP contribution in [-0.4, -0.2) is 30.9 Å². The van der Waals surface area contributed by atoms with E-state index in [-0.39, 0.29) is 30.4 Å². The standard InChI is InChI=1S/C16H22N2O4/c1-9(2)15(21)22-7-6-18-14(20)11-10-4-5-16(3,8-10)12(11)13(17)19/h4-5,10-12H,1,6-8H2,2-3H3,(H2,17,19)(H,18,20). The lowest BCUT2D eigenvalue weighted by Gasteiger charge is -2.30. The second-order valence-corrected chi connectivity index (χ2v) is 6.35. The van der Waals surface area contributed by atoms with Gasteiger partial charge in [-0.1, -0.05) is 25.7 Å². The van der Waals surface area contributed by atoms with E-state index >= 15 is 0 Å². The fourth-order valence-electron chi connectivity index (χ4n) is 3.53. The average molecular weight is 306 g/mol. The minimum atomic E-state index is -0.486. The van der Waals surface area contributed by atoms with Gasteiger partial charge in [0.15, 0.2) is 0 Å². The van der Waals surface area contributed by atoms with Crippen molar-refractivity contribution >= 4 is 17.8 Å². The maximum Gasteiger partial charge on any atom is 0.333 e. The van der Waals surface area contributed by atoms with Gasteiger partial charge in [-0.2, -0.15) is 0 Å². The van der Waals surface area contributed by atoms with Gasteiger partial charge in [0.05, 0.1) is 18.4 Å². The SMILES string of the molecule is C=C(C)C(=O)OCCNC(=O)C1C2C=CC(C)(C2)C1C(N)=O. The Balaban J connectivity index is 1.90. The Labute approximate surface area is 129 Å². The first kappa shape index (κ1) is 16.3. The van der Waals surface area contributed by atoms with Crippen LogP contribution in [0.5, 0.6) is 0 Å². The molecule has 0 spiro atoms. The highest BCUT2D eigenvalue weighted by Gasteiger charge is 2.57. The Morgan fingerprint density at radius 3 is 2.73 bits per heavy atom. The van der Waals surface area contributed by atoms with Crippen LogP contribution in [0, 0.1) is 23.2 Å². The van der Waals surface area contributed by atoms with Crippen molar-refractivity contribution in [3.8, 4) is 0 Å². The zero-order valence-electron chi connectivity index (χ0n) is 12.9. The molecule has 2 bridgehead atoms. The molecular formula is C16H22N2O4. The van der Waals surface area contributed by atoms with Crippen LogP contribution in [0.2, 0.25) is 0 Å². The highest BCUT2D eigenvalue weighted by Crippen LogP contribution is 2.56. The Hall–Kier alpha value is -2.11. The first-order chi connectivity index (χ1) is 10.3. The summed E-state index contributed by atoms with van der Waals surface area (Å²) in [5, 5.41) is 2.72. The molecule has 0 aromatic heterocycles. The summed E-state index contributed by atoms with van der Waals surface area (Å²) in [4.78, 5) is 35.3. The van der Waals surface area contributed by atoms with E-state index in [1.807, 2.05) is 19.1 Å². The molecule has 2 amide bonds. The van der Waals surface area contributed by atoms with E-state index in [1.165, 1.54) is 0 Å². The molecule has 4 atom stereocenters. The average Bonchev–Trinajstić information content (AvgIpc) is 2.95. The molecule has 6 heteroatoms. The van der Waals surface area contributed by atoms with Crippen LogP contribution in [-0.2, 0) is 19.1 Å². The number of amides is 2. The number of fused-ring (bicyclic) bond motifs is 2. The predicted molar refractivity (Wildman–Crippen MR) is 80.3 cm³/mol. The van der Waals surface area contributed by atoms with Crippen LogP contribution < -0.4 is 11.1 Å². The number of carbonyl (C=O) groups excluding carboxylic acids is 3. The van der Waals surface area contributed by atoms with Crippen molar-refractivity contribution < 1.29 is 19.1 Å². The summed E-state index contributed by atoms with van der Waals surface area (Å²) >= 11 is 0. The Kier molecular flexibility index (Phi) is 4.39. The van der Waals surface area contributed by atoms with Gasteiger partial charge in [0, 0.05) is 5.57 Å². The molecule has 0 saturated heterocycles. The van der Waals surface area contributed by atoms with Crippen molar-refractivity contribution in [2.75, 3.05) is 13.2 Å². The number of allylic oxidation sites excluding steroid dienone is 2. The van der Waals surface area contributed by atoms with Crippen LogP contribution in [0.1, 0.15) is 20.3 Å². The van der Waals surface area contributed by atoms with Gasteiger partial charge < -0.3 is 15.8 Å². The van der Waals surface area contributed by atoms with E-state index in [9.17, 15) is 14.4 Å². The Morgan fingerprint density at radius 2 is 2.14 bits per heavy atom. The van der Waals surface area contributed by atoms with Crippen molar-refractivity contribution in [1.29, 1.82) is 0 Å². The zero-order chi connectivity index (χ0) is 16.5. The molecule has 1 saturated carbocycles. The molecule has 0 aromatic rings. The minimum absolute atomic E-state index is 0.0421. The topological polar surface area (TPSA) is 98.5 Å². The molecule has 0 aromatic carbocycles. The number of primary amides is 1. The van der Waals surface area contributed by atoms with Gasteiger partial charge in [-0.3, -0.25) is 9.59 Å². The summed E-state index contributed by atoms with van der Waals surface area (Å²) in [6.45, 7) is 7.26. The number of rotatable bonds is 6. The van der Waals surface area contributed by atoms with Crippen molar-refractivity contribution in [1.82, 2.24) is 5.32 Å². The second kappa shape index (κ2) is 5.94. The molecule has 1 fully saturated rings. The van der Waals surface area contributed by atoms with E-state index in [0.29, 0.717) is 5.57 Å². The molecule has 0 radical (unpaired) electrons. The third kappa shape index (κ3) is 2.91. The van der Waals surface area contributed by atoms with E-state index < -0.39 is 23.7 Å². The number of carbonyl (C=O) groups is 3. The molecule has 4 unspecified atom stereocenters. The number of nitrogens with one attached hydrogen (secondary N) is 1. The summed E-state index contributed by atoms with van der Waals surface area (Å²) in [7, 11) is 0. The molecule has 6 nitrogen and oxygen atoms in total. The lowest BCUT2D eigenvalue weighted by atomic mass is 9.74. The molecule has 0 aliphatic heterocycles. The fraction of sp³-hybridized carbons (Fsp3) is 0.562. The highest BCUT2D eigenvalue weighted by atomic mass is 16.5. The molecule has 2 rings (SSSR count). The highest BCUT2D eigenvalue weighted by molar-refractivity contribution is 5.89. The Morgan fingerprint density at radius 1 is 1.45 bits per heavy atom. The summed E-state index contributed by atoms with van der Waals surface area (Å²) < 4.78 is 4.91. The number of nitrogens with two attached hydrogens (primary N) is 1. The van der Waals surface area contributed by atoms with Crippen LogP contribution in [0.15, 0.2) is 24.3 Å². The molecule has 0 heterocycles. The van der Waals surface area contributed by atoms with Crippen molar-refractivity contribution in [2.24, 2.45) is 28.9 Å². The molecule has 2 aliphatic rings. The first-order valence-corrected chi connectivity index (χ1v) is 7.35.